The second-order valence-corrected chi connectivity index (χ2v) is 5.41. The zero-order chi connectivity index (χ0) is 19.4. The zero-order valence-corrected chi connectivity index (χ0v) is 12.0. The molecular formula is C16H17N3O3. The minimum atomic E-state index is -2.83. The molecule has 6 nitrogen and oxygen atoms in total. The van der Waals surface area contributed by atoms with E-state index in [0.717, 1.165) is 0 Å². The van der Waals surface area contributed by atoms with Crippen LogP contribution in [0.5, 0.6) is 0 Å². The number of nitrogens with two attached hydrogens (primary N) is 1. The van der Waals surface area contributed by atoms with Crippen LogP contribution in [0.15, 0.2) is 16.9 Å². The second kappa shape index (κ2) is 5.05. The summed E-state index contributed by atoms with van der Waals surface area (Å²) in [5.41, 5.74) is 5.93. The van der Waals surface area contributed by atoms with Crippen LogP contribution in [0.25, 0.3) is 10.9 Å². The zero-order valence-electron chi connectivity index (χ0n) is 16.0. The van der Waals surface area contributed by atoms with E-state index in [9.17, 15) is 14.4 Å². The van der Waals surface area contributed by atoms with Gasteiger partial charge in [-0.2, -0.15) is 0 Å². The standard InChI is InChI=1S/C16H17N3O3/c1-8-5-11(17)15-12(6-8)18-9(2)19(16(15)22)13-4-3-10(20)7-14(13)21/h5-6,13H,3-4,7,17H2,1-2H3/i2D3,13D. The molecule has 0 saturated heterocycles. The predicted octanol–water partition coefficient (Wildman–Crippen LogP) is 1.46. The van der Waals surface area contributed by atoms with Gasteiger partial charge in [0.25, 0.3) is 5.56 Å². The topological polar surface area (TPSA) is 95.0 Å². The molecular weight excluding hydrogens is 282 g/mol. The third kappa shape index (κ3) is 2.20. The van der Waals surface area contributed by atoms with Crippen molar-refractivity contribution in [3.8, 4) is 0 Å². The smallest absolute Gasteiger partial charge is 0.264 e. The van der Waals surface area contributed by atoms with Crippen molar-refractivity contribution < 1.29 is 15.1 Å². The lowest BCUT2D eigenvalue weighted by atomic mass is 9.92. The van der Waals surface area contributed by atoms with Crippen LogP contribution < -0.4 is 11.3 Å². The van der Waals surface area contributed by atoms with Crippen LogP contribution in [-0.4, -0.2) is 21.1 Å². The van der Waals surface area contributed by atoms with Gasteiger partial charge >= 0.3 is 0 Å². The Hall–Kier alpha value is -2.50. The first-order valence-corrected chi connectivity index (χ1v) is 6.84. The summed E-state index contributed by atoms with van der Waals surface area (Å²) < 4.78 is 32.3. The summed E-state index contributed by atoms with van der Waals surface area (Å²) in [4.78, 5) is 41.1. The van der Waals surface area contributed by atoms with Crippen LogP contribution >= 0.6 is 0 Å². The Balaban J connectivity index is 2.44. The van der Waals surface area contributed by atoms with Gasteiger partial charge in [0.15, 0.2) is 5.78 Å². The molecule has 1 aliphatic rings. The van der Waals surface area contributed by atoms with E-state index in [2.05, 4.69) is 4.98 Å². The minimum Gasteiger partial charge on any atom is -0.398 e. The quantitative estimate of drug-likeness (QED) is 0.635. The molecule has 6 heteroatoms. The number of anilines is 1. The van der Waals surface area contributed by atoms with Gasteiger partial charge in [0.05, 0.1) is 24.7 Å². The number of carbonyl (C=O) groups is 2. The number of nitrogen functional groups attached to an aromatic ring is 1. The van der Waals surface area contributed by atoms with E-state index in [-0.39, 0.29) is 35.2 Å². The van der Waals surface area contributed by atoms with Crippen LogP contribution in [0, 0.1) is 13.8 Å². The molecule has 0 radical (unpaired) electrons. The molecule has 1 atom stereocenters. The third-order valence-electron chi connectivity index (χ3n) is 3.74. The van der Waals surface area contributed by atoms with Crippen molar-refractivity contribution in [1.82, 2.24) is 9.55 Å². The number of ketones is 2. The average molecular weight is 303 g/mol. The average Bonchev–Trinajstić information content (AvgIpc) is 2.49. The summed E-state index contributed by atoms with van der Waals surface area (Å²) >= 11 is 0. The Bertz CT molecular complexity index is 1010. The summed E-state index contributed by atoms with van der Waals surface area (Å²) in [5.74, 6) is -1.82. The number of rotatable bonds is 1. The molecule has 0 aliphatic heterocycles. The molecule has 2 aromatic rings. The Morgan fingerprint density at radius 3 is 2.86 bits per heavy atom. The number of Topliss-reactive ketones (excluding diaryl/α,β-unsaturated/α-hetero) is 2. The van der Waals surface area contributed by atoms with Gasteiger partial charge < -0.3 is 5.73 Å². The van der Waals surface area contributed by atoms with E-state index in [1.807, 2.05) is 0 Å². The molecule has 114 valence electrons. The monoisotopic (exact) mass is 303 g/mol. The van der Waals surface area contributed by atoms with Gasteiger partial charge in [0.1, 0.15) is 11.6 Å². The molecule has 3 rings (SSSR count). The number of hydrogen-bond donors (Lipinski definition) is 1. The van der Waals surface area contributed by atoms with Gasteiger partial charge in [-0.1, -0.05) is 0 Å². The predicted molar refractivity (Wildman–Crippen MR) is 82.8 cm³/mol. The van der Waals surface area contributed by atoms with Crippen molar-refractivity contribution >= 4 is 28.2 Å². The van der Waals surface area contributed by atoms with Crippen molar-refractivity contribution in [2.45, 2.75) is 39.1 Å². The minimum absolute atomic E-state index is 0.0417. The molecule has 2 N–H and O–H groups in total. The Kier molecular flexibility index (Phi) is 2.36. The fourth-order valence-corrected chi connectivity index (χ4v) is 2.74. The maximum atomic E-state index is 13.1. The number of aromatic nitrogens is 2. The van der Waals surface area contributed by atoms with Crippen LogP contribution in [-0.2, 0) is 9.59 Å². The van der Waals surface area contributed by atoms with Crippen LogP contribution in [0.3, 0.4) is 0 Å². The van der Waals surface area contributed by atoms with Gasteiger partial charge in [-0.25, -0.2) is 4.98 Å². The maximum Gasteiger partial charge on any atom is 0.264 e. The van der Waals surface area contributed by atoms with Crippen molar-refractivity contribution in [2.75, 3.05) is 5.73 Å². The van der Waals surface area contributed by atoms with E-state index < -0.39 is 36.5 Å². The van der Waals surface area contributed by atoms with Crippen LogP contribution in [0.2, 0.25) is 0 Å². The molecule has 1 fully saturated rings. The molecule has 1 aliphatic carbocycles. The Morgan fingerprint density at radius 2 is 2.18 bits per heavy atom. The molecule has 1 saturated carbocycles. The van der Waals surface area contributed by atoms with E-state index >= 15 is 0 Å². The van der Waals surface area contributed by atoms with Gasteiger partial charge in [0.2, 0.25) is 0 Å². The van der Waals surface area contributed by atoms with E-state index in [1.165, 1.54) is 12.1 Å². The van der Waals surface area contributed by atoms with Gasteiger partial charge in [0, 0.05) is 16.2 Å². The highest BCUT2D eigenvalue weighted by Gasteiger charge is 2.30. The number of fused-ring (bicyclic) bond motifs is 1. The first kappa shape index (κ1) is 10.3. The molecule has 1 unspecified atom stereocenters. The summed E-state index contributed by atoms with van der Waals surface area (Å²) in [6.07, 6.45) is -0.895. The van der Waals surface area contributed by atoms with Crippen LogP contribution in [0.4, 0.5) is 5.69 Å². The number of nitrogens with zero attached hydrogens (tertiary/aromatic N) is 2. The van der Waals surface area contributed by atoms with E-state index in [1.54, 1.807) is 6.92 Å². The summed E-state index contributed by atoms with van der Waals surface area (Å²) in [6.45, 7) is -1.11. The SMILES string of the molecule is [2H]C([2H])([2H])c1nc2cc(C)cc(N)c2c(=O)n1C1([2H])CCC(=O)CC1=O. The highest BCUT2D eigenvalue weighted by Crippen LogP contribution is 2.25. The van der Waals surface area contributed by atoms with Crippen LogP contribution in [0.1, 0.15) is 42.2 Å². The van der Waals surface area contributed by atoms with E-state index in [0.29, 0.717) is 10.1 Å². The first-order valence-electron chi connectivity index (χ1n) is 8.84. The molecule has 22 heavy (non-hydrogen) atoms. The fraction of sp³-hybridized carbons (Fsp3) is 0.375. The van der Waals surface area contributed by atoms with E-state index in [4.69, 9.17) is 11.2 Å². The number of carbonyl (C=O) groups excluding carboxylic acids is 2. The second-order valence-electron chi connectivity index (χ2n) is 5.41. The lowest BCUT2D eigenvalue weighted by Crippen LogP contribution is -2.36. The summed E-state index contributed by atoms with van der Waals surface area (Å²) in [6, 6.07) is 0.857. The number of hydrogen-bond acceptors (Lipinski definition) is 5. The fourth-order valence-electron chi connectivity index (χ4n) is 2.74. The van der Waals surface area contributed by atoms with Crippen molar-refractivity contribution in [3.63, 3.8) is 0 Å². The maximum absolute atomic E-state index is 13.1. The highest BCUT2D eigenvalue weighted by molar-refractivity contribution is 6.03. The Morgan fingerprint density at radius 1 is 1.41 bits per heavy atom. The summed E-state index contributed by atoms with van der Waals surface area (Å²) in [7, 11) is 0. The lowest BCUT2D eigenvalue weighted by Gasteiger charge is -2.24. The van der Waals surface area contributed by atoms with Gasteiger partial charge in [-0.05, 0) is 37.9 Å². The molecule has 1 heterocycles. The van der Waals surface area contributed by atoms with Gasteiger partial charge in [-0.3, -0.25) is 19.0 Å². The third-order valence-corrected chi connectivity index (χ3v) is 3.74. The van der Waals surface area contributed by atoms with Crippen molar-refractivity contribution in [2.24, 2.45) is 0 Å². The Labute approximate surface area is 132 Å². The summed E-state index contributed by atoms with van der Waals surface area (Å²) in [5, 5.41) is -0.0417. The molecule has 1 aromatic carbocycles. The highest BCUT2D eigenvalue weighted by atomic mass is 16.2. The molecule has 0 bridgehead atoms. The largest absolute Gasteiger partial charge is 0.398 e. The normalized spacial score (nSPS) is 25.5. The van der Waals surface area contributed by atoms with Crippen molar-refractivity contribution in [1.29, 1.82) is 0 Å². The molecule has 1 aromatic heterocycles. The number of aryl methyl sites for hydroxylation is 2. The molecule has 0 amide bonds. The molecule has 0 spiro atoms. The van der Waals surface area contributed by atoms with Gasteiger partial charge in [-0.15, -0.1) is 0 Å². The lowest BCUT2D eigenvalue weighted by molar-refractivity contribution is -0.132. The number of benzene rings is 1. The first-order chi connectivity index (χ1) is 11.9. The van der Waals surface area contributed by atoms with Crippen molar-refractivity contribution in [3.05, 3.63) is 33.9 Å².